The van der Waals surface area contributed by atoms with E-state index in [-0.39, 0.29) is 0 Å². The summed E-state index contributed by atoms with van der Waals surface area (Å²) in [7, 11) is 0. The standard InChI is InChI=1S/C30H23N3/c31-21-24-18-16-23(17-19-24)20-28-22-32-29(33-28)30(25-10-4-1-5-11-25,26-12-6-2-7-13-26)27-14-8-3-9-15-27/h1-19,22H,20H2,(H,32,33). The minimum Gasteiger partial charge on any atom is -0.344 e. The summed E-state index contributed by atoms with van der Waals surface area (Å²) in [5.41, 5.74) is 5.72. The summed E-state index contributed by atoms with van der Waals surface area (Å²) < 4.78 is 0. The van der Waals surface area contributed by atoms with Gasteiger partial charge in [-0.25, -0.2) is 4.98 Å². The average Bonchev–Trinajstić information content (AvgIpc) is 3.35. The summed E-state index contributed by atoms with van der Waals surface area (Å²) in [5, 5.41) is 9.07. The molecule has 0 aliphatic rings. The van der Waals surface area contributed by atoms with E-state index in [2.05, 4.69) is 83.8 Å². The van der Waals surface area contributed by atoms with Crippen LogP contribution in [0.4, 0.5) is 0 Å². The van der Waals surface area contributed by atoms with E-state index in [9.17, 15) is 0 Å². The van der Waals surface area contributed by atoms with E-state index >= 15 is 0 Å². The number of benzene rings is 4. The lowest BCUT2D eigenvalue weighted by atomic mass is 9.69. The number of H-pyrrole nitrogens is 1. The normalized spacial score (nSPS) is 11.1. The number of aromatic nitrogens is 2. The van der Waals surface area contributed by atoms with Crippen molar-refractivity contribution in [3.63, 3.8) is 0 Å². The van der Waals surface area contributed by atoms with Crippen molar-refractivity contribution in [1.29, 1.82) is 5.26 Å². The van der Waals surface area contributed by atoms with Crippen LogP contribution >= 0.6 is 0 Å². The van der Waals surface area contributed by atoms with Gasteiger partial charge in [-0.1, -0.05) is 103 Å². The molecule has 1 heterocycles. The molecule has 0 spiro atoms. The Kier molecular flexibility index (Phi) is 5.57. The van der Waals surface area contributed by atoms with E-state index in [1.807, 2.05) is 48.7 Å². The average molecular weight is 426 g/mol. The molecule has 0 aliphatic carbocycles. The Morgan fingerprint density at radius 3 is 1.61 bits per heavy atom. The Labute approximate surface area is 194 Å². The molecule has 33 heavy (non-hydrogen) atoms. The molecular weight excluding hydrogens is 402 g/mol. The second kappa shape index (κ2) is 8.98. The maximum absolute atomic E-state index is 9.07. The molecule has 1 aromatic heterocycles. The fourth-order valence-electron chi connectivity index (χ4n) is 4.53. The van der Waals surface area contributed by atoms with Crippen molar-refractivity contribution in [2.75, 3.05) is 0 Å². The van der Waals surface area contributed by atoms with E-state index in [0.717, 1.165) is 33.8 Å². The van der Waals surface area contributed by atoms with Crippen LogP contribution in [0.3, 0.4) is 0 Å². The maximum Gasteiger partial charge on any atom is 0.125 e. The molecule has 0 fully saturated rings. The molecular formula is C30H23N3. The molecule has 5 rings (SSSR count). The number of rotatable bonds is 6. The predicted molar refractivity (Wildman–Crippen MR) is 131 cm³/mol. The first kappa shape index (κ1) is 20.5. The lowest BCUT2D eigenvalue weighted by Crippen LogP contribution is -2.32. The first-order valence-electron chi connectivity index (χ1n) is 11.0. The van der Waals surface area contributed by atoms with Crippen molar-refractivity contribution in [2.45, 2.75) is 11.8 Å². The van der Waals surface area contributed by atoms with E-state index in [0.29, 0.717) is 12.0 Å². The van der Waals surface area contributed by atoms with Crippen LogP contribution in [0.5, 0.6) is 0 Å². The summed E-state index contributed by atoms with van der Waals surface area (Å²) in [6, 6.07) is 41.5. The number of imidazole rings is 1. The smallest absolute Gasteiger partial charge is 0.125 e. The summed E-state index contributed by atoms with van der Waals surface area (Å²) >= 11 is 0. The molecule has 5 aromatic rings. The first-order valence-corrected chi connectivity index (χ1v) is 11.0. The molecule has 158 valence electrons. The monoisotopic (exact) mass is 425 g/mol. The van der Waals surface area contributed by atoms with Gasteiger partial charge in [-0.3, -0.25) is 0 Å². The van der Waals surface area contributed by atoms with Gasteiger partial charge in [0.1, 0.15) is 11.2 Å². The molecule has 3 heteroatoms. The number of hydrogen-bond donors (Lipinski definition) is 1. The van der Waals surface area contributed by atoms with Gasteiger partial charge in [-0.05, 0) is 34.4 Å². The van der Waals surface area contributed by atoms with Crippen LogP contribution in [0.2, 0.25) is 0 Å². The van der Waals surface area contributed by atoms with E-state index < -0.39 is 5.41 Å². The van der Waals surface area contributed by atoms with Gasteiger partial charge in [0.05, 0.1) is 11.6 Å². The molecule has 0 atom stereocenters. The van der Waals surface area contributed by atoms with E-state index in [1.54, 1.807) is 0 Å². The molecule has 0 unspecified atom stereocenters. The van der Waals surface area contributed by atoms with Crippen molar-refractivity contribution in [3.05, 3.63) is 161 Å². The van der Waals surface area contributed by atoms with E-state index in [1.165, 1.54) is 0 Å². The summed E-state index contributed by atoms with van der Waals surface area (Å²) in [6.45, 7) is 0. The highest BCUT2D eigenvalue weighted by Crippen LogP contribution is 2.43. The second-order valence-electron chi connectivity index (χ2n) is 8.09. The third-order valence-corrected chi connectivity index (χ3v) is 6.08. The minimum atomic E-state index is -0.577. The third-order valence-electron chi connectivity index (χ3n) is 6.08. The molecule has 0 bridgehead atoms. The second-order valence-corrected chi connectivity index (χ2v) is 8.09. The fourth-order valence-corrected chi connectivity index (χ4v) is 4.53. The van der Waals surface area contributed by atoms with Crippen LogP contribution in [0.15, 0.2) is 121 Å². The van der Waals surface area contributed by atoms with Crippen LogP contribution < -0.4 is 0 Å². The SMILES string of the molecule is N#Cc1ccc(Cc2cnc(C(c3ccccc3)(c3ccccc3)c3ccccc3)[nH]2)cc1. The molecule has 1 N–H and O–H groups in total. The maximum atomic E-state index is 9.07. The molecule has 0 saturated heterocycles. The summed E-state index contributed by atoms with van der Waals surface area (Å²) in [4.78, 5) is 8.59. The summed E-state index contributed by atoms with van der Waals surface area (Å²) in [6.07, 6.45) is 2.64. The van der Waals surface area contributed by atoms with Gasteiger partial charge in [0, 0.05) is 18.3 Å². The molecule has 4 aromatic carbocycles. The van der Waals surface area contributed by atoms with Crippen molar-refractivity contribution in [2.24, 2.45) is 0 Å². The Balaban J connectivity index is 1.68. The van der Waals surface area contributed by atoms with Crippen LogP contribution in [0, 0.1) is 11.3 Å². The van der Waals surface area contributed by atoms with Gasteiger partial charge in [0.25, 0.3) is 0 Å². The van der Waals surface area contributed by atoms with Crippen LogP contribution in [0.1, 0.15) is 39.3 Å². The Morgan fingerprint density at radius 2 is 1.15 bits per heavy atom. The lowest BCUT2D eigenvalue weighted by Gasteiger charge is -2.34. The lowest BCUT2D eigenvalue weighted by molar-refractivity contribution is 0.690. The zero-order valence-corrected chi connectivity index (χ0v) is 18.1. The van der Waals surface area contributed by atoms with Crippen molar-refractivity contribution >= 4 is 0 Å². The van der Waals surface area contributed by atoms with Crippen LogP contribution in [-0.4, -0.2) is 9.97 Å². The molecule has 0 aliphatic heterocycles. The van der Waals surface area contributed by atoms with Crippen molar-refractivity contribution < 1.29 is 0 Å². The van der Waals surface area contributed by atoms with Gasteiger partial charge in [0.2, 0.25) is 0 Å². The van der Waals surface area contributed by atoms with Gasteiger partial charge in [-0.15, -0.1) is 0 Å². The molecule has 0 amide bonds. The molecule has 0 saturated carbocycles. The van der Waals surface area contributed by atoms with Gasteiger partial charge in [0.15, 0.2) is 0 Å². The van der Waals surface area contributed by atoms with Gasteiger partial charge in [-0.2, -0.15) is 5.26 Å². The number of nitrogens with zero attached hydrogens (tertiary/aromatic N) is 2. The number of aromatic amines is 1. The topological polar surface area (TPSA) is 52.5 Å². The van der Waals surface area contributed by atoms with E-state index in [4.69, 9.17) is 10.2 Å². The van der Waals surface area contributed by atoms with Crippen molar-refractivity contribution in [1.82, 2.24) is 9.97 Å². The first-order chi connectivity index (χ1) is 16.3. The minimum absolute atomic E-state index is 0.577. The van der Waals surface area contributed by atoms with Gasteiger partial charge >= 0.3 is 0 Å². The number of nitriles is 1. The Morgan fingerprint density at radius 1 is 0.667 bits per heavy atom. The highest BCUT2D eigenvalue weighted by molar-refractivity contribution is 5.56. The highest BCUT2D eigenvalue weighted by atomic mass is 14.9. The highest BCUT2D eigenvalue weighted by Gasteiger charge is 2.40. The van der Waals surface area contributed by atoms with Crippen LogP contribution in [0.25, 0.3) is 0 Å². The zero-order valence-electron chi connectivity index (χ0n) is 18.1. The zero-order chi connectivity index (χ0) is 22.5. The molecule has 3 nitrogen and oxygen atoms in total. The van der Waals surface area contributed by atoms with Gasteiger partial charge < -0.3 is 4.98 Å². The predicted octanol–water partition coefficient (Wildman–Crippen LogP) is 6.25. The number of hydrogen-bond acceptors (Lipinski definition) is 2. The Bertz CT molecular complexity index is 1270. The number of nitrogens with one attached hydrogen (secondary N) is 1. The quantitative estimate of drug-likeness (QED) is 0.327. The molecule has 0 radical (unpaired) electrons. The third kappa shape index (κ3) is 3.84. The largest absolute Gasteiger partial charge is 0.344 e. The Hall–Kier alpha value is -4.42. The van der Waals surface area contributed by atoms with Crippen molar-refractivity contribution in [3.8, 4) is 6.07 Å². The van der Waals surface area contributed by atoms with Crippen LogP contribution in [-0.2, 0) is 11.8 Å². The summed E-state index contributed by atoms with van der Waals surface area (Å²) in [5.74, 6) is 0.884. The fraction of sp³-hybridized carbons (Fsp3) is 0.0667.